The number of benzene rings is 2. The number of carbonyl (C=O) groups excluding carboxylic acids is 2. The van der Waals surface area contributed by atoms with Crippen LogP contribution in [0.3, 0.4) is 0 Å². The van der Waals surface area contributed by atoms with Crippen molar-refractivity contribution in [1.29, 1.82) is 0 Å². The first kappa shape index (κ1) is 27.7. The average molecular weight is 744 g/mol. The van der Waals surface area contributed by atoms with Crippen molar-refractivity contribution in [1.82, 2.24) is 0 Å². The molecule has 1 N–H and O–H groups in total. The Labute approximate surface area is 221 Å². The van der Waals surface area contributed by atoms with E-state index < -0.39 is 73.6 Å². The molecule has 2 unspecified atom stereocenters. The van der Waals surface area contributed by atoms with Crippen LogP contribution in [0.25, 0.3) is 0 Å². The molecule has 0 aliphatic heterocycles. The van der Waals surface area contributed by atoms with Crippen molar-refractivity contribution in [3.63, 3.8) is 0 Å². The molecule has 0 bridgehead atoms. The average Bonchev–Trinajstić information content (AvgIpc) is 2.77. The van der Waals surface area contributed by atoms with Gasteiger partial charge in [-0.2, -0.15) is 17.2 Å². The van der Waals surface area contributed by atoms with E-state index in [-0.39, 0.29) is 25.7 Å². The van der Waals surface area contributed by atoms with Crippen LogP contribution in [-0.4, -0.2) is 24.9 Å². The summed E-state index contributed by atoms with van der Waals surface area (Å²) in [4.78, 5) is 24.9. The Kier molecular flexibility index (Phi) is 8.42. The van der Waals surface area contributed by atoms with E-state index in [1.807, 2.05) is 0 Å². The summed E-state index contributed by atoms with van der Waals surface area (Å²) >= 11 is 3.20. The molecule has 0 fully saturated rings. The maximum atomic E-state index is 13.9. The highest BCUT2D eigenvalue weighted by Gasteiger charge is 2.39. The van der Waals surface area contributed by atoms with Gasteiger partial charge in [0, 0.05) is 7.14 Å². The first-order chi connectivity index (χ1) is 16.2. The Balaban J connectivity index is 1.85. The van der Waals surface area contributed by atoms with Crippen molar-refractivity contribution < 1.29 is 54.0 Å². The molecule has 2 atom stereocenters. The van der Waals surface area contributed by atoms with Gasteiger partial charge in [0.05, 0.1) is 11.8 Å². The Morgan fingerprint density at radius 3 is 1.63 bits per heavy atom. The van der Waals surface area contributed by atoms with Crippen LogP contribution in [-0.2, 0) is 19.7 Å². The first-order valence-electron chi connectivity index (χ1n) is 9.30. The molecule has 0 radical (unpaired) electrons. The van der Waals surface area contributed by atoms with Gasteiger partial charge in [-0.25, -0.2) is 13.2 Å². The molecule has 1 aliphatic rings. The Morgan fingerprint density at radius 1 is 0.800 bits per heavy atom. The molecule has 1 aliphatic carbocycles. The van der Waals surface area contributed by atoms with Crippen LogP contribution >= 0.6 is 45.2 Å². The summed E-state index contributed by atoms with van der Waals surface area (Å²) in [7, 11) is -4.56. The van der Waals surface area contributed by atoms with Gasteiger partial charge in [0.2, 0.25) is 34.8 Å². The van der Waals surface area contributed by atoms with Gasteiger partial charge in [-0.3, -0.25) is 14.1 Å². The number of rotatable bonds is 5. The maximum Gasteiger partial charge on any atom is 0.315 e. The number of carbonyl (C=O) groups is 2. The Morgan fingerprint density at radius 2 is 1.20 bits per heavy atom. The summed E-state index contributed by atoms with van der Waals surface area (Å²) in [6.07, 6.45) is 2.74. The minimum atomic E-state index is -4.56. The number of esters is 2. The van der Waals surface area contributed by atoms with Crippen LogP contribution in [0.2, 0.25) is 0 Å². The normalized spacial score (nSPS) is 17.8. The summed E-state index contributed by atoms with van der Waals surface area (Å²) < 4.78 is 110. The van der Waals surface area contributed by atoms with Gasteiger partial charge in [-0.05, 0) is 70.2 Å². The van der Waals surface area contributed by atoms with Crippen molar-refractivity contribution in [2.24, 2.45) is 11.8 Å². The van der Waals surface area contributed by atoms with E-state index in [2.05, 4.69) is 4.74 Å². The molecule has 188 valence electrons. The molecular formula is C20H11F5I2O7S. The second-order valence-corrected chi connectivity index (χ2v) is 10.8. The fourth-order valence-corrected chi connectivity index (χ4v) is 7.21. The van der Waals surface area contributed by atoms with Crippen molar-refractivity contribution in [3.8, 4) is 11.5 Å². The van der Waals surface area contributed by atoms with Gasteiger partial charge in [0.1, 0.15) is 10.6 Å². The van der Waals surface area contributed by atoms with Crippen molar-refractivity contribution in [2.45, 2.75) is 17.7 Å². The predicted molar refractivity (Wildman–Crippen MR) is 125 cm³/mol. The van der Waals surface area contributed by atoms with E-state index in [0.717, 1.165) is 12.1 Å². The summed E-state index contributed by atoms with van der Waals surface area (Å²) in [6, 6.07) is 2.29. The van der Waals surface area contributed by atoms with Gasteiger partial charge in [0.25, 0.3) is 10.1 Å². The monoisotopic (exact) mass is 744 g/mol. The second-order valence-electron chi connectivity index (χ2n) is 7.09. The number of halogens is 7. The zero-order chi connectivity index (χ0) is 26.2. The van der Waals surface area contributed by atoms with Crippen LogP contribution in [0.1, 0.15) is 12.8 Å². The van der Waals surface area contributed by atoms with E-state index in [9.17, 15) is 44.5 Å². The largest absolute Gasteiger partial charge is 0.426 e. The molecule has 7 nitrogen and oxygen atoms in total. The SMILES string of the molecule is O=C(Oc1cc(I)c(S(=O)(=O)O)c(I)c1)C1CC=CCC1C(=O)Oc1c(F)c(F)c(F)c(F)c1F. The standard InChI is InChI=1S/C20H11F5I2O7S/c21-12-13(22)15(24)17(16(25)14(12)23)34-20(29)9-4-2-1-3-8(9)19(28)33-7-5-10(26)18(11(27)6-7)35(30,31)32/h1-2,5-6,8-9H,3-4H2,(H,30,31,32). The molecule has 0 saturated heterocycles. The van der Waals surface area contributed by atoms with Gasteiger partial charge < -0.3 is 9.47 Å². The van der Waals surface area contributed by atoms with E-state index >= 15 is 0 Å². The van der Waals surface area contributed by atoms with Crippen LogP contribution in [0.5, 0.6) is 11.5 Å². The van der Waals surface area contributed by atoms with Crippen LogP contribution in [0.4, 0.5) is 22.0 Å². The van der Waals surface area contributed by atoms with Crippen LogP contribution < -0.4 is 9.47 Å². The zero-order valence-corrected chi connectivity index (χ0v) is 22.0. The van der Waals surface area contributed by atoms with Gasteiger partial charge >= 0.3 is 11.9 Å². The van der Waals surface area contributed by atoms with Gasteiger partial charge in [-0.15, -0.1) is 0 Å². The molecule has 15 heteroatoms. The highest BCUT2D eigenvalue weighted by molar-refractivity contribution is 14.1. The summed E-state index contributed by atoms with van der Waals surface area (Å²) in [5, 5.41) is 0. The Hall–Kier alpha value is -1.86. The van der Waals surface area contributed by atoms with Crippen LogP contribution in [0, 0.1) is 48.1 Å². The quantitative estimate of drug-likeness (QED) is 0.0677. The first-order valence-corrected chi connectivity index (χ1v) is 12.9. The minimum Gasteiger partial charge on any atom is -0.426 e. The van der Waals surface area contributed by atoms with Crippen molar-refractivity contribution >= 4 is 67.2 Å². The molecule has 2 aromatic rings. The zero-order valence-electron chi connectivity index (χ0n) is 16.8. The number of allylic oxidation sites excluding steroid dienone is 2. The lowest BCUT2D eigenvalue weighted by atomic mass is 9.83. The third kappa shape index (κ3) is 5.77. The van der Waals surface area contributed by atoms with Crippen molar-refractivity contribution in [3.05, 3.63) is 60.5 Å². The lowest BCUT2D eigenvalue weighted by Crippen LogP contribution is -2.36. The van der Waals surface area contributed by atoms with E-state index in [0.29, 0.717) is 0 Å². The lowest BCUT2D eigenvalue weighted by molar-refractivity contribution is -0.150. The van der Waals surface area contributed by atoms with Crippen LogP contribution in [0.15, 0.2) is 29.2 Å². The topological polar surface area (TPSA) is 107 Å². The van der Waals surface area contributed by atoms with Gasteiger partial charge in [0.15, 0.2) is 0 Å². The summed E-state index contributed by atoms with van der Waals surface area (Å²) in [5.74, 6) is -18.7. The third-order valence-electron chi connectivity index (χ3n) is 4.86. The molecule has 3 rings (SSSR count). The summed E-state index contributed by atoms with van der Waals surface area (Å²) in [6.45, 7) is 0. The van der Waals surface area contributed by atoms with Crippen molar-refractivity contribution in [2.75, 3.05) is 0 Å². The molecule has 35 heavy (non-hydrogen) atoms. The molecule has 0 saturated carbocycles. The Bertz CT molecular complexity index is 1310. The van der Waals surface area contributed by atoms with E-state index in [4.69, 9.17) is 4.74 Å². The van der Waals surface area contributed by atoms with E-state index in [1.54, 1.807) is 45.2 Å². The minimum absolute atomic E-state index is 0.0330. The fourth-order valence-electron chi connectivity index (χ4n) is 3.22. The van der Waals surface area contributed by atoms with E-state index in [1.165, 1.54) is 12.2 Å². The highest BCUT2D eigenvalue weighted by atomic mass is 127. The molecule has 0 spiro atoms. The third-order valence-corrected chi connectivity index (χ3v) is 8.25. The maximum absolute atomic E-state index is 13.9. The van der Waals surface area contributed by atoms with Gasteiger partial charge in [-0.1, -0.05) is 12.2 Å². The molecule has 2 aromatic carbocycles. The molecule has 0 heterocycles. The number of hydrogen-bond donors (Lipinski definition) is 1. The fraction of sp³-hybridized carbons (Fsp3) is 0.200. The number of hydrogen-bond acceptors (Lipinski definition) is 6. The lowest BCUT2D eigenvalue weighted by Gasteiger charge is -2.25. The molecular weight excluding hydrogens is 733 g/mol. The second kappa shape index (κ2) is 10.6. The molecule has 0 amide bonds. The summed E-state index contributed by atoms with van der Waals surface area (Å²) in [5.41, 5.74) is 0. The number of ether oxygens (including phenoxy) is 2. The predicted octanol–water partition coefficient (Wildman–Crippen LogP) is 4.93. The molecule has 0 aromatic heterocycles. The smallest absolute Gasteiger partial charge is 0.315 e. The highest BCUT2D eigenvalue weighted by Crippen LogP contribution is 2.34.